The maximum Gasteiger partial charge on any atom is 0.322 e. The topological polar surface area (TPSA) is 142 Å². The van der Waals surface area contributed by atoms with Crippen molar-refractivity contribution in [2.45, 2.75) is 43.4 Å². The van der Waals surface area contributed by atoms with Crippen LogP contribution in [0.25, 0.3) is 0 Å². The first kappa shape index (κ1) is 36.0. The molecule has 0 saturated heterocycles. The monoisotopic (exact) mass is 636 g/mol. The molecule has 0 aliphatic heterocycles. The van der Waals surface area contributed by atoms with Crippen molar-refractivity contribution in [1.29, 1.82) is 0 Å². The Balaban J connectivity index is 1.75. The molecular formula is C35H44N2O9. The molecule has 11 heteroatoms. The molecule has 0 aliphatic rings. The van der Waals surface area contributed by atoms with Crippen LogP contribution in [0.4, 0.5) is 0 Å². The van der Waals surface area contributed by atoms with E-state index >= 15 is 0 Å². The Kier molecular flexibility index (Phi) is 14.5. The predicted molar refractivity (Wildman–Crippen MR) is 172 cm³/mol. The Morgan fingerprint density at radius 3 is 1.83 bits per heavy atom. The van der Waals surface area contributed by atoms with E-state index in [1.807, 2.05) is 78.9 Å². The first-order valence-electron chi connectivity index (χ1n) is 15.1. The average Bonchev–Trinajstić information content (AvgIpc) is 3.11. The molecule has 0 aromatic heterocycles. The summed E-state index contributed by atoms with van der Waals surface area (Å²) in [6.45, 7) is -0.479. The molecule has 2 atom stereocenters. The number of aliphatic hydroxyl groups excluding tert-OH is 1. The number of hydrogen-bond donors (Lipinski definition) is 3. The lowest BCUT2D eigenvalue weighted by Crippen LogP contribution is -2.44. The van der Waals surface area contributed by atoms with Crippen LogP contribution in [-0.2, 0) is 34.2 Å². The summed E-state index contributed by atoms with van der Waals surface area (Å²) >= 11 is 0. The number of benzene rings is 3. The highest BCUT2D eigenvalue weighted by Crippen LogP contribution is 2.41. The maximum atomic E-state index is 12.9. The third kappa shape index (κ3) is 9.77. The third-order valence-corrected chi connectivity index (χ3v) is 7.61. The number of ether oxygens (including phenoxy) is 5. The fourth-order valence-corrected chi connectivity index (χ4v) is 5.10. The third-order valence-electron chi connectivity index (χ3n) is 7.61. The molecule has 3 aromatic rings. The van der Waals surface area contributed by atoms with Gasteiger partial charge in [-0.1, -0.05) is 61.0 Å². The van der Waals surface area contributed by atoms with Gasteiger partial charge in [-0.3, -0.25) is 19.7 Å². The molecule has 0 bridgehead atoms. The molecule has 0 fully saturated rings. The fraction of sp³-hybridized carbons (Fsp3) is 0.400. The van der Waals surface area contributed by atoms with Gasteiger partial charge in [-0.05, 0) is 53.8 Å². The van der Waals surface area contributed by atoms with Crippen LogP contribution >= 0.6 is 0 Å². The van der Waals surface area contributed by atoms with Crippen molar-refractivity contribution >= 4 is 17.8 Å². The van der Waals surface area contributed by atoms with Crippen LogP contribution in [0.1, 0.15) is 42.4 Å². The van der Waals surface area contributed by atoms with Gasteiger partial charge in [0.15, 0.2) is 0 Å². The number of rotatable bonds is 19. The number of carbonyl (C=O) groups excluding carboxylic acids is 3. The number of aliphatic hydroxyl groups is 1. The molecule has 3 rings (SSSR count). The van der Waals surface area contributed by atoms with Crippen molar-refractivity contribution in [3.05, 3.63) is 95.6 Å². The highest BCUT2D eigenvalue weighted by atomic mass is 16.5. The van der Waals surface area contributed by atoms with Crippen molar-refractivity contribution in [1.82, 2.24) is 10.6 Å². The van der Waals surface area contributed by atoms with Crippen LogP contribution in [0.5, 0.6) is 11.5 Å². The molecule has 0 spiro atoms. The number of hydrogen-bond acceptors (Lipinski definition) is 10. The molecule has 0 saturated carbocycles. The van der Waals surface area contributed by atoms with E-state index in [9.17, 15) is 19.5 Å². The molecule has 2 unspecified atom stereocenters. The minimum atomic E-state index is -1.10. The van der Waals surface area contributed by atoms with Gasteiger partial charge in [0.1, 0.15) is 23.1 Å². The van der Waals surface area contributed by atoms with Crippen LogP contribution in [-0.4, -0.2) is 83.2 Å². The molecule has 1 amide bonds. The normalized spacial score (nSPS) is 12.5. The van der Waals surface area contributed by atoms with Gasteiger partial charge in [-0.15, -0.1) is 0 Å². The minimum absolute atomic E-state index is 0.00292. The number of carbonyl (C=O) groups is 3. The number of amides is 1. The summed E-state index contributed by atoms with van der Waals surface area (Å²) < 4.78 is 27.0. The van der Waals surface area contributed by atoms with E-state index in [4.69, 9.17) is 18.9 Å². The SMILES string of the molecule is COC(=O)CNC(CCCCC(=O)NC(CO)COC(c1ccccc1)(c1ccc(OC)cc1)c1ccc(OC)cc1)C(=O)OC. The average molecular weight is 637 g/mol. The van der Waals surface area contributed by atoms with Crippen molar-refractivity contribution in [3.63, 3.8) is 0 Å². The largest absolute Gasteiger partial charge is 0.497 e. The zero-order valence-corrected chi connectivity index (χ0v) is 26.8. The summed E-state index contributed by atoms with van der Waals surface area (Å²) in [7, 11) is 5.75. The minimum Gasteiger partial charge on any atom is -0.497 e. The molecular weight excluding hydrogens is 592 g/mol. The lowest BCUT2D eigenvalue weighted by atomic mass is 9.80. The van der Waals surface area contributed by atoms with Crippen LogP contribution in [0.3, 0.4) is 0 Å². The quantitative estimate of drug-likeness (QED) is 0.102. The summed E-state index contributed by atoms with van der Waals surface area (Å²) in [6.07, 6.45) is 1.53. The van der Waals surface area contributed by atoms with E-state index < -0.39 is 29.6 Å². The zero-order valence-electron chi connectivity index (χ0n) is 26.8. The molecule has 0 heterocycles. The van der Waals surface area contributed by atoms with Gasteiger partial charge in [0, 0.05) is 6.42 Å². The molecule has 11 nitrogen and oxygen atoms in total. The second kappa shape index (κ2) is 18.5. The van der Waals surface area contributed by atoms with E-state index in [1.54, 1.807) is 14.2 Å². The number of nitrogens with one attached hydrogen (secondary N) is 2. The lowest BCUT2D eigenvalue weighted by Gasteiger charge is -2.37. The molecule has 3 N–H and O–H groups in total. The van der Waals surface area contributed by atoms with Crippen LogP contribution in [0.2, 0.25) is 0 Å². The lowest BCUT2D eigenvalue weighted by molar-refractivity contribution is -0.144. The summed E-state index contributed by atoms with van der Waals surface area (Å²) in [5.74, 6) is 0.123. The molecule has 46 heavy (non-hydrogen) atoms. The Labute approximate surface area is 270 Å². The second-order valence-corrected chi connectivity index (χ2v) is 10.5. The Morgan fingerprint density at radius 1 is 0.761 bits per heavy atom. The Bertz CT molecular complexity index is 1320. The van der Waals surface area contributed by atoms with Crippen molar-refractivity contribution in [3.8, 4) is 11.5 Å². The van der Waals surface area contributed by atoms with Crippen molar-refractivity contribution in [2.75, 3.05) is 48.2 Å². The smallest absolute Gasteiger partial charge is 0.322 e. The zero-order chi connectivity index (χ0) is 33.4. The summed E-state index contributed by atoms with van der Waals surface area (Å²) in [4.78, 5) is 36.4. The highest BCUT2D eigenvalue weighted by molar-refractivity contribution is 5.78. The van der Waals surface area contributed by atoms with Crippen LogP contribution in [0.15, 0.2) is 78.9 Å². The Hall–Kier alpha value is -4.45. The van der Waals surface area contributed by atoms with E-state index in [1.165, 1.54) is 14.2 Å². The first-order chi connectivity index (χ1) is 22.3. The van der Waals surface area contributed by atoms with Gasteiger partial charge < -0.3 is 34.1 Å². The predicted octanol–water partition coefficient (Wildman–Crippen LogP) is 3.35. The molecule has 0 aliphatic carbocycles. The Morgan fingerprint density at radius 2 is 1.33 bits per heavy atom. The summed E-state index contributed by atoms with van der Waals surface area (Å²) in [5, 5.41) is 16.0. The van der Waals surface area contributed by atoms with Gasteiger partial charge >= 0.3 is 11.9 Å². The van der Waals surface area contributed by atoms with Crippen LogP contribution < -0.4 is 20.1 Å². The van der Waals surface area contributed by atoms with Gasteiger partial charge in [0.2, 0.25) is 5.91 Å². The van der Waals surface area contributed by atoms with Gasteiger partial charge in [-0.2, -0.15) is 0 Å². The highest BCUT2D eigenvalue weighted by Gasteiger charge is 2.38. The summed E-state index contributed by atoms with van der Waals surface area (Å²) in [5.41, 5.74) is 1.41. The number of esters is 2. The molecule has 3 aromatic carbocycles. The first-order valence-corrected chi connectivity index (χ1v) is 15.1. The van der Waals surface area contributed by atoms with E-state index in [2.05, 4.69) is 15.4 Å². The number of methoxy groups -OCH3 is 4. The van der Waals surface area contributed by atoms with Crippen molar-refractivity contribution < 1.29 is 43.2 Å². The van der Waals surface area contributed by atoms with E-state index in [0.29, 0.717) is 30.8 Å². The summed E-state index contributed by atoms with van der Waals surface area (Å²) in [6, 6.07) is 23.5. The maximum absolute atomic E-state index is 12.9. The van der Waals surface area contributed by atoms with E-state index in [-0.39, 0.29) is 32.1 Å². The number of unbranched alkanes of at least 4 members (excludes halogenated alkanes) is 1. The molecule has 248 valence electrons. The van der Waals surface area contributed by atoms with Gasteiger partial charge in [-0.25, -0.2) is 0 Å². The fourth-order valence-electron chi connectivity index (χ4n) is 5.10. The van der Waals surface area contributed by atoms with E-state index in [0.717, 1.165) is 16.7 Å². The van der Waals surface area contributed by atoms with Crippen molar-refractivity contribution in [2.24, 2.45) is 0 Å². The van der Waals surface area contributed by atoms with Gasteiger partial charge in [0.25, 0.3) is 0 Å². The second-order valence-electron chi connectivity index (χ2n) is 10.5. The van der Waals surface area contributed by atoms with Gasteiger partial charge in [0.05, 0.1) is 54.2 Å². The standard InChI is InChI=1S/C35H44N2O9/c1-42-29-18-14-26(15-19-29)35(25-10-6-5-7-11-25,27-16-20-30(43-2)21-17-27)46-24-28(23-38)37-32(39)13-9-8-12-31(34(41)45-4)36-22-33(40)44-3/h5-7,10-11,14-21,28,31,36,38H,8-9,12-13,22-24H2,1-4H3,(H,37,39). The molecule has 0 radical (unpaired) electrons. The van der Waals surface area contributed by atoms with Crippen LogP contribution in [0, 0.1) is 0 Å².